The zero-order chi connectivity index (χ0) is 15.6. The van der Waals surface area contributed by atoms with E-state index in [-0.39, 0.29) is 27.2 Å². The molecule has 0 atom stereocenters. The second-order valence-electron chi connectivity index (χ2n) is 4.40. The van der Waals surface area contributed by atoms with Gasteiger partial charge in [-0.3, -0.25) is 4.98 Å². The number of rotatable bonds is 4. The van der Waals surface area contributed by atoms with Crippen molar-refractivity contribution >= 4 is 38.9 Å². The van der Waals surface area contributed by atoms with Gasteiger partial charge in [0.05, 0.1) is 15.7 Å². The Labute approximate surface area is 133 Å². The second-order valence-corrected chi connectivity index (χ2v) is 6.92. The van der Waals surface area contributed by atoms with Crippen LogP contribution in [0.3, 0.4) is 0 Å². The summed E-state index contributed by atoms with van der Waals surface area (Å²) in [5, 5.41) is 0.130. The first-order valence-corrected chi connectivity index (χ1v) is 8.19. The van der Waals surface area contributed by atoms with Crippen LogP contribution >= 0.6 is 23.2 Å². The van der Waals surface area contributed by atoms with E-state index in [0.717, 1.165) is 11.1 Å². The minimum absolute atomic E-state index is 0.0429. The van der Waals surface area contributed by atoms with Gasteiger partial charge in [0.1, 0.15) is 4.90 Å². The highest BCUT2D eigenvalue weighted by molar-refractivity contribution is 7.89. The molecule has 0 spiro atoms. The molecule has 0 radical (unpaired) electrons. The van der Waals surface area contributed by atoms with E-state index in [2.05, 4.69) is 9.71 Å². The first kappa shape index (κ1) is 16.0. The van der Waals surface area contributed by atoms with E-state index in [1.165, 1.54) is 12.1 Å². The van der Waals surface area contributed by atoms with Gasteiger partial charge in [-0.1, -0.05) is 23.2 Å². The fourth-order valence-electron chi connectivity index (χ4n) is 1.71. The van der Waals surface area contributed by atoms with Crippen LogP contribution in [0.5, 0.6) is 0 Å². The van der Waals surface area contributed by atoms with Crippen LogP contribution in [0, 0.1) is 6.92 Å². The van der Waals surface area contributed by atoms with Gasteiger partial charge < -0.3 is 5.73 Å². The lowest BCUT2D eigenvalue weighted by Crippen LogP contribution is -2.24. The van der Waals surface area contributed by atoms with E-state index in [1.807, 2.05) is 6.92 Å². The first-order chi connectivity index (χ1) is 9.83. The number of aryl methyl sites for hydroxylation is 1. The maximum atomic E-state index is 12.3. The van der Waals surface area contributed by atoms with Crippen molar-refractivity contribution in [1.29, 1.82) is 0 Å². The summed E-state index contributed by atoms with van der Waals surface area (Å²) in [5.41, 5.74) is 7.41. The maximum absolute atomic E-state index is 12.3. The van der Waals surface area contributed by atoms with Crippen molar-refractivity contribution in [3.05, 3.63) is 51.8 Å². The Morgan fingerprint density at radius 1 is 1.29 bits per heavy atom. The lowest BCUT2D eigenvalue weighted by Gasteiger charge is -2.11. The number of anilines is 1. The molecule has 112 valence electrons. The number of nitrogen functional groups attached to an aromatic ring is 1. The Morgan fingerprint density at radius 3 is 2.67 bits per heavy atom. The summed E-state index contributed by atoms with van der Waals surface area (Å²) < 4.78 is 27.1. The van der Waals surface area contributed by atoms with Crippen LogP contribution in [0.15, 0.2) is 35.5 Å². The molecule has 2 aromatic rings. The van der Waals surface area contributed by atoms with E-state index in [0.29, 0.717) is 0 Å². The van der Waals surface area contributed by atoms with Crippen LogP contribution < -0.4 is 10.5 Å². The number of nitrogens with one attached hydrogen (secondary N) is 1. The van der Waals surface area contributed by atoms with Crippen molar-refractivity contribution in [2.45, 2.75) is 18.4 Å². The molecule has 1 aromatic heterocycles. The number of hydrogen-bond acceptors (Lipinski definition) is 4. The molecule has 0 fully saturated rings. The number of halogens is 2. The zero-order valence-electron chi connectivity index (χ0n) is 11.1. The Kier molecular flexibility index (Phi) is 4.73. The van der Waals surface area contributed by atoms with Gasteiger partial charge in [-0.2, -0.15) is 0 Å². The minimum Gasteiger partial charge on any atom is -0.396 e. The largest absolute Gasteiger partial charge is 0.396 e. The van der Waals surface area contributed by atoms with E-state index in [9.17, 15) is 8.42 Å². The van der Waals surface area contributed by atoms with Crippen molar-refractivity contribution in [3.8, 4) is 0 Å². The Balaban J connectivity index is 2.28. The average Bonchev–Trinajstić information content (AvgIpc) is 2.44. The van der Waals surface area contributed by atoms with Gasteiger partial charge in [0.15, 0.2) is 0 Å². The molecule has 2 rings (SSSR count). The van der Waals surface area contributed by atoms with Crippen molar-refractivity contribution in [1.82, 2.24) is 9.71 Å². The zero-order valence-corrected chi connectivity index (χ0v) is 13.4. The van der Waals surface area contributed by atoms with E-state index >= 15 is 0 Å². The average molecular weight is 346 g/mol. The molecule has 0 unspecified atom stereocenters. The molecule has 0 aliphatic carbocycles. The summed E-state index contributed by atoms with van der Waals surface area (Å²) in [7, 11) is -3.79. The molecular formula is C13H13Cl2N3O2S. The third-order valence-corrected chi connectivity index (χ3v) is 5.26. The number of hydrogen-bond donors (Lipinski definition) is 2. The molecule has 3 N–H and O–H groups in total. The van der Waals surface area contributed by atoms with Crippen LogP contribution in [0.25, 0.3) is 0 Å². The van der Waals surface area contributed by atoms with Gasteiger partial charge in [0.25, 0.3) is 0 Å². The summed E-state index contributed by atoms with van der Waals surface area (Å²) in [6, 6.07) is 4.47. The predicted octanol–water partition coefficient (Wildman–Crippen LogP) is 2.76. The van der Waals surface area contributed by atoms with Gasteiger partial charge in [0.2, 0.25) is 10.0 Å². The standard InChI is InChI=1S/C13H13Cl2N3O2S/c1-8-6-17-5-4-9(8)7-18-21(19,20)11-3-2-10(14)13(16)12(11)15/h2-6,18H,7,16H2,1H3. The lowest BCUT2D eigenvalue weighted by molar-refractivity contribution is 0.581. The Bertz CT molecular complexity index is 779. The molecule has 1 heterocycles. The summed E-state index contributed by atoms with van der Waals surface area (Å²) in [6.45, 7) is 1.99. The van der Waals surface area contributed by atoms with E-state index in [1.54, 1.807) is 18.5 Å². The van der Waals surface area contributed by atoms with Crippen molar-refractivity contribution in [3.63, 3.8) is 0 Å². The molecule has 0 bridgehead atoms. The Morgan fingerprint density at radius 2 is 2.00 bits per heavy atom. The molecule has 1 aromatic carbocycles. The second kappa shape index (κ2) is 6.19. The SMILES string of the molecule is Cc1cnccc1CNS(=O)(=O)c1ccc(Cl)c(N)c1Cl. The quantitative estimate of drug-likeness (QED) is 0.834. The highest BCUT2D eigenvalue weighted by atomic mass is 35.5. The van der Waals surface area contributed by atoms with E-state index in [4.69, 9.17) is 28.9 Å². The third kappa shape index (κ3) is 3.47. The van der Waals surface area contributed by atoms with Gasteiger partial charge in [-0.05, 0) is 36.2 Å². The first-order valence-electron chi connectivity index (χ1n) is 5.95. The number of benzene rings is 1. The number of aromatic nitrogens is 1. The topological polar surface area (TPSA) is 85.1 Å². The van der Waals surface area contributed by atoms with Gasteiger partial charge in [-0.15, -0.1) is 0 Å². The molecule has 0 aliphatic rings. The van der Waals surface area contributed by atoms with Gasteiger partial charge >= 0.3 is 0 Å². The molecule has 0 saturated carbocycles. The molecule has 0 saturated heterocycles. The highest BCUT2D eigenvalue weighted by Crippen LogP contribution is 2.33. The van der Waals surface area contributed by atoms with E-state index < -0.39 is 10.0 Å². The number of nitrogens with two attached hydrogens (primary N) is 1. The predicted molar refractivity (Wildman–Crippen MR) is 83.9 cm³/mol. The van der Waals surface area contributed by atoms with Crippen LogP contribution in [-0.4, -0.2) is 13.4 Å². The van der Waals surface area contributed by atoms with Gasteiger partial charge in [0, 0.05) is 18.9 Å². The smallest absolute Gasteiger partial charge is 0.242 e. The third-order valence-electron chi connectivity index (χ3n) is 2.97. The van der Waals surface area contributed by atoms with Crippen molar-refractivity contribution < 1.29 is 8.42 Å². The molecule has 8 heteroatoms. The fourth-order valence-corrected chi connectivity index (χ4v) is 3.48. The molecule has 0 amide bonds. The van der Waals surface area contributed by atoms with Crippen LogP contribution in [0.4, 0.5) is 5.69 Å². The summed E-state index contributed by atoms with van der Waals surface area (Å²) >= 11 is 11.8. The number of nitrogens with zero attached hydrogens (tertiary/aromatic N) is 1. The number of pyridine rings is 1. The highest BCUT2D eigenvalue weighted by Gasteiger charge is 2.20. The van der Waals surface area contributed by atoms with Gasteiger partial charge in [-0.25, -0.2) is 13.1 Å². The monoisotopic (exact) mass is 345 g/mol. The summed E-state index contributed by atoms with van der Waals surface area (Å²) in [5.74, 6) is 0. The Hall–Kier alpha value is -1.34. The van der Waals surface area contributed by atoms with Crippen LogP contribution in [-0.2, 0) is 16.6 Å². The lowest BCUT2D eigenvalue weighted by atomic mass is 10.2. The number of sulfonamides is 1. The van der Waals surface area contributed by atoms with Crippen LogP contribution in [0.1, 0.15) is 11.1 Å². The summed E-state index contributed by atoms with van der Waals surface area (Å²) in [6.07, 6.45) is 3.26. The molecule has 5 nitrogen and oxygen atoms in total. The molecule has 21 heavy (non-hydrogen) atoms. The van der Waals surface area contributed by atoms with Crippen molar-refractivity contribution in [2.75, 3.05) is 5.73 Å². The normalized spacial score (nSPS) is 11.6. The fraction of sp³-hybridized carbons (Fsp3) is 0.154. The maximum Gasteiger partial charge on any atom is 0.242 e. The molecule has 0 aliphatic heterocycles. The van der Waals surface area contributed by atoms with Crippen LogP contribution in [0.2, 0.25) is 10.0 Å². The minimum atomic E-state index is -3.79. The summed E-state index contributed by atoms with van der Waals surface area (Å²) in [4.78, 5) is 3.85. The molecular weight excluding hydrogens is 333 g/mol. The van der Waals surface area contributed by atoms with Crippen molar-refractivity contribution in [2.24, 2.45) is 0 Å².